The van der Waals surface area contributed by atoms with Crippen molar-refractivity contribution in [1.82, 2.24) is 0 Å². The van der Waals surface area contributed by atoms with Crippen LogP contribution < -0.4 is 4.90 Å². The average Bonchev–Trinajstić information content (AvgIpc) is 2.39. The summed E-state index contributed by atoms with van der Waals surface area (Å²) in [5, 5.41) is 9.36. The summed E-state index contributed by atoms with van der Waals surface area (Å²) >= 11 is 0. The maximum Gasteiger partial charge on any atom is 0.0750 e. The second-order valence-electron chi connectivity index (χ2n) is 4.45. The molecule has 1 aromatic rings. The van der Waals surface area contributed by atoms with Gasteiger partial charge in [-0.25, -0.2) is 0 Å². The van der Waals surface area contributed by atoms with Crippen molar-refractivity contribution in [2.24, 2.45) is 0 Å². The molecule has 17 heavy (non-hydrogen) atoms. The Hall–Kier alpha value is -1.06. The molecule has 1 N–H and O–H groups in total. The highest BCUT2D eigenvalue weighted by Gasteiger charge is 2.21. The van der Waals surface area contributed by atoms with Crippen molar-refractivity contribution < 1.29 is 9.84 Å². The second-order valence-corrected chi connectivity index (χ2v) is 4.45. The van der Waals surface area contributed by atoms with Crippen LogP contribution in [0.5, 0.6) is 0 Å². The van der Waals surface area contributed by atoms with Gasteiger partial charge in [0.05, 0.1) is 12.7 Å². The van der Waals surface area contributed by atoms with Crippen molar-refractivity contribution in [2.45, 2.75) is 32.5 Å². The van der Waals surface area contributed by atoms with Gasteiger partial charge in [-0.3, -0.25) is 0 Å². The van der Waals surface area contributed by atoms with Gasteiger partial charge in [-0.05, 0) is 25.8 Å². The summed E-state index contributed by atoms with van der Waals surface area (Å²) in [5.74, 6) is 0. The standard InChI is InChI=1S/C14H21NO2/c1-2-17-13-7-5-9-15(10-13)14-8-4-3-6-12(14)11-16/h3-4,6,8,13,16H,2,5,7,9-11H2,1H3. The Morgan fingerprint density at radius 2 is 2.24 bits per heavy atom. The van der Waals surface area contributed by atoms with Crippen LogP contribution in [0.2, 0.25) is 0 Å². The molecule has 3 nitrogen and oxygen atoms in total. The van der Waals surface area contributed by atoms with Crippen LogP contribution in [0.4, 0.5) is 5.69 Å². The first-order valence-corrected chi connectivity index (χ1v) is 6.40. The number of nitrogens with zero attached hydrogens (tertiary/aromatic N) is 1. The van der Waals surface area contributed by atoms with Crippen molar-refractivity contribution in [3.8, 4) is 0 Å². The number of para-hydroxylation sites is 1. The van der Waals surface area contributed by atoms with Gasteiger partial charge in [0.15, 0.2) is 0 Å². The molecule has 0 aromatic heterocycles. The average molecular weight is 235 g/mol. The minimum Gasteiger partial charge on any atom is -0.392 e. The molecular formula is C14H21NO2. The molecule has 1 aromatic carbocycles. The highest BCUT2D eigenvalue weighted by molar-refractivity contribution is 5.53. The van der Waals surface area contributed by atoms with E-state index in [-0.39, 0.29) is 6.61 Å². The summed E-state index contributed by atoms with van der Waals surface area (Å²) in [6.45, 7) is 4.91. The Balaban J connectivity index is 2.10. The lowest BCUT2D eigenvalue weighted by atomic mass is 10.1. The SMILES string of the molecule is CCOC1CCCN(c2ccccc2CO)C1. The zero-order valence-electron chi connectivity index (χ0n) is 10.4. The molecule has 1 aliphatic heterocycles. The first-order chi connectivity index (χ1) is 8.35. The number of rotatable bonds is 4. The maximum absolute atomic E-state index is 9.36. The topological polar surface area (TPSA) is 32.7 Å². The monoisotopic (exact) mass is 235 g/mol. The highest BCUT2D eigenvalue weighted by Crippen LogP contribution is 2.25. The van der Waals surface area contributed by atoms with E-state index in [0.29, 0.717) is 6.10 Å². The normalized spacial score (nSPS) is 20.6. The maximum atomic E-state index is 9.36. The van der Waals surface area contributed by atoms with Crippen LogP contribution in [0.15, 0.2) is 24.3 Å². The van der Waals surface area contributed by atoms with Crippen LogP contribution in [-0.2, 0) is 11.3 Å². The van der Waals surface area contributed by atoms with E-state index in [0.717, 1.165) is 43.8 Å². The highest BCUT2D eigenvalue weighted by atomic mass is 16.5. The van der Waals surface area contributed by atoms with E-state index >= 15 is 0 Å². The second kappa shape index (κ2) is 6.03. The number of piperidine rings is 1. The number of ether oxygens (including phenoxy) is 1. The minimum absolute atomic E-state index is 0.103. The molecule has 1 saturated heterocycles. The summed E-state index contributed by atoms with van der Waals surface area (Å²) < 4.78 is 5.70. The summed E-state index contributed by atoms with van der Waals surface area (Å²) in [5.41, 5.74) is 2.16. The third-order valence-corrected chi connectivity index (χ3v) is 3.28. The van der Waals surface area contributed by atoms with Gasteiger partial charge in [0, 0.05) is 30.9 Å². The van der Waals surface area contributed by atoms with Gasteiger partial charge in [-0.2, -0.15) is 0 Å². The van der Waals surface area contributed by atoms with Gasteiger partial charge < -0.3 is 14.7 Å². The molecule has 1 heterocycles. The van der Waals surface area contributed by atoms with Crippen molar-refractivity contribution in [1.29, 1.82) is 0 Å². The Bertz CT molecular complexity index is 352. The fourth-order valence-corrected chi connectivity index (χ4v) is 2.48. The van der Waals surface area contributed by atoms with Gasteiger partial charge in [-0.15, -0.1) is 0 Å². The Morgan fingerprint density at radius 1 is 1.41 bits per heavy atom. The fraction of sp³-hybridized carbons (Fsp3) is 0.571. The molecular weight excluding hydrogens is 214 g/mol. The lowest BCUT2D eigenvalue weighted by Gasteiger charge is -2.35. The lowest BCUT2D eigenvalue weighted by molar-refractivity contribution is 0.0526. The Morgan fingerprint density at radius 3 is 3.00 bits per heavy atom. The molecule has 1 fully saturated rings. The molecule has 1 aliphatic rings. The van der Waals surface area contributed by atoms with E-state index in [2.05, 4.69) is 11.0 Å². The van der Waals surface area contributed by atoms with E-state index < -0.39 is 0 Å². The van der Waals surface area contributed by atoms with E-state index in [9.17, 15) is 5.11 Å². The molecule has 3 heteroatoms. The fourth-order valence-electron chi connectivity index (χ4n) is 2.48. The van der Waals surface area contributed by atoms with Gasteiger partial charge in [-0.1, -0.05) is 18.2 Å². The number of anilines is 1. The van der Waals surface area contributed by atoms with Gasteiger partial charge in [0.25, 0.3) is 0 Å². The Labute approximate surface area is 103 Å². The molecule has 0 bridgehead atoms. The van der Waals surface area contributed by atoms with Crippen molar-refractivity contribution in [3.05, 3.63) is 29.8 Å². The van der Waals surface area contributed by atoms with Crippen molar-refractivity contribution in [3.63, 3.8) is 0 Å². The molecule has 1 atom stereocenters. The molecule has 0 spiro atoms. The van der Waals surface area contributed by atoms with Crippen LogP contribution in [0.25, 0.3) is 0 Å². The molecule has 94 valence electrons. The van der Waals surface area contributed by atoms with Crippen LogP contribution in [0.1, 0.15) is 25.3 Å². The largest absolute Gasteiger partial charge is 0.392 e. The molecule has 0 amide bonds. The van der Waals surface area contributed by atoms with Gasteiger partial charge >= 0.3 is 0 Å². The summed E-state index contributed by atoms with van der Waals surface area (Å²) in [6, 6.07) is 8.07. The van der Waals surface area contributed by atoms with E-state index in [1.54, 1.807) is 0 Å². The van der Waals surface area contributed by atoms with Gasteiger partial charge in [0.1, 0.15) is 0 Å². The first-order valence-electron chi connectivity index (χ1n) is 6.40. The smallest absolute Gasteiger partial charge is 0.0750 e. The third-order valence-electron chi connectivity index (χ3n) is 3.28. The summed E-state index contributed by atoms with van der Waals surface area (Å²) in [6.07, 6.45) is 2.64. The summed E-state index contributed by atoms with van der Waals surface area (Å²) in [4.78, 5) is 2.33. The van der Waals surface area contributed by atoms with Gasteiger partial charge in [0.2, 0.25) is 0 Å². The van der Waals surface area contributed by atoms with E-state index in [1.807, 2.05) is 25.1 Å². The summed E-state index contributed by atoms with van der Waals surface area (Å²) in [7, 11) is 0. The predicted octanol–water partition coefficient (Wildman–Crippen LogP) is 2.18. The van der Waals surface area contributed by atoms with Crippen LogP contribution in [0.3, 0.4) is 0 Å². The Kier molecular flexibility index (Phi) is 4.40. The first kappa shape index (κ1) is 12.4. The number of benzene rings is 1. The predicted molar refractivity (Wildman–Crippen MR) is 69.2 cm³/mol. The van der Waals surface area contributed by atoms with E-state index in [4.69, 9.17) is 4.74 Å². The third kappa shape index (κ3) is 2.99. The number of hydrogen-bond donors (Lipinski definition) is 1. The number of aliphatic hydroxyl groups excluding tert-OH is 1. The lowest BCUT2D eigenvalue weighted by Crippen LogP contribution is -2.40. The van der Waals surface area contributed by atoms with E-state index in [1.165, 1.54) is 0 Å². The van der Waals surface area contributed by atoms with Crippen LogP contribution in [0, 0.1) is 0 Å². The zero-order valence-corrected chi connectivity index (χ0v) is 10.4. The molecule has 0 radical (unpaired) electrons. The number of aliphatic hydroxyl groups is 1. The zero-order chi connectivity index (χ0) is 12.1. The minimum atomic E-state index is 0.103. The number of hydrogen-bond acceptors (Lipinski definition) is 3. The van der Waals surface area contributed by atoms with Crippen LogP contribution in [-0.4, -0.2) is 30.9 Å². The quantitative estimate of drug-likeness (QED) is 0.868. The van der Waals surface area contributed by atoms with Crippen LogP contribution >= 0.6 is 0 Å². The van der Waals surface area contributed by atoms with Crippen molar-refractivity contribution >= 4 is 5.69 Å². The molecule has 0 saturated carbocycles. The molecule has 2 rings (SSSR count). The molecule has 0 aliphatic carbocycles. The molecule has 1 unspecified atom stereocenters. The van der Waals surface area contributed by atoms with Crippen molar-refractivity contribution in [2.75, 3.05) is 24.6 Å².